The second-order valence-electron chi connectivity index (χ2n) is 7.23. The Bertz CT molecular complexity index is 776. The van der Waals surface area contributed by atoms with E-state index in [0.717, 1.165) is 5.56 Å². The van der Waals surface area contributed by atoms with Gasteiger partial charge in [-0.25, -0.2) is 13.2 Å². The number of piperidine rings is 1. The van der Waals surface area contributed by atoms with Gasteiger partial charge in [-0.15, -0.1) is 0 Å². The monoisotopic (exact) mass is 396 g/mol. The van der Waals surface area contributed by atoms with E-state index in [-0.39, 0.29) is 17.4 Å². The van der Waals surface area contributed by atoms with Crippen molar-refractivity contribution < 1.29 is 23.1 Å². The molecule has 0 spiro atoms. The van der Waals surface area contributed by atoms with Crippen molar-refractivity contribution in [2.45, 2.75) is 51.0 Å². The summed E-state index contributed by atoms with van der Waals surface area (Å²) in [5.74, 6) is -2.23. The van der Waals surface area contributed by atoms with Crippen LogP contribution in [0.25, 0.3) is 0 Å². The molecule has 150 valence electrons. The molecule has 2 N–H and O–H groups in total. The lowest BCUT2D eigenvalue weighted by atomic mass is 9.95. The molecule has 1 amide bonds. The van der Waals surface area contributed by atoms with Crippen molar-refractivity contribution in [2.75, 3.05) is 13.1 Å². The van der Waals surface area contributed by atoms with Gasteiger partial charge in [0.15, 0.2) is 0 Å². The molecular formula is C19H28N2O5S. The number of aliphatic carboxylic acids is 1. The lowest BCUT2D eigenvalue weighted by molar-refractivity contribution is -0.144. The molecule has 0 radical (unpaired) electrons. The summed E-state index contributed by atoms with van der Waals surface area (Å²) in [5.41, 5.74) is 0.967. The zero-order chi connectivity index (χ0) is 20.2. The molecule has 1 heterocycles. The smallest absolute Gasteiger partial charge is 0.326 e. The maximum absolute atomic E-state index is 12.9. The Kier molecular flexibility index (Phi) is 7.00. The number of carbonyl (C=O) groups excluding carboxylic acids is 1. The van der Waals surface area contributed by atoms with Crippen LogP contribution in [0.15, 0.2) is 29.2 Å². The molecule has 0 aliphatic carbocycles. The number of benzene rings is 1. The Balaban J connectivity index is 2.11. The second kappa shape index (κ2) is 8.84. The van der Waals surface area contributed by atoms with Crippen LogP contribution in [0.5, 0.6) is 0 Å². The van der Waals surface area contributed by atoms with Gasteiger partial charge in [0.25, 0.3) is 0 Å². The first kappa shape index (κ1) is 21.4. The Morgan fingerprint density at radius 1 is 1.30 bits per heavy atom. The first-order valence-corrected chi connectivity index (χ1v) is 10.7. The van der Waals surface area contributed by atoms with Crippen LogP contribution in [0.2, 0.25) is 0 Å². The second-order valence-corrected chi connectivity index (χ2v) is 9.16. The molecule has 3 atom stereocenters. The molecule has 2 rings (SSSR count). The molecule has 1 aliphatic heterocycles. The number of carboxylic acid groups (broad SMARTS) is 1. The number of sulfonamides is 1. The van der Waals surface area contributed by atoms with Gasteiger partial charge in [-0.2, -0.15) is 4.31 Å². The van der Waals surface area contributed by atoms with Gasteiger partial charge in [0.2, 0.25) is 15.9 Å². The van der Waals surface area contributed by atoms with E-state index in [9.17, 15) is 23.1 Å². The van der Waals surface area contributed by atoms with Gasteiger partial charge in [0.05, 0.1) is 10.8 Å². The van der Waals surface area contributed by atoms with Gasteiger partial charge < -0.3 is 10.4 Å². The van der Waals surface area contributed by atoms with Crippen molar-refractivity contribution in [1.29, 1.82) is 0 Å². The molecule has 1 fully saturated rings. The van der Waals surface area contributed by atoms with Crippen molar-refractivity contribution in [3.05, 3.63) is 29.8 Å². The van der Waals surface area contributed by atoms with Crippen molar-refractivity contribution in [2.24, 2.45) is 11.8 Å². The van der Waals surface area contributed by atoms with Crippen LogP contribution in [-0.4, -0.2) is 48.8 Å². The van der Waals surface area contributed by atoms with E-state index in [1.165, 1.54) is 4.31 Å². The molecule has 8 heteroatoms. The summed E-state index contributed by atoms with van der Waals surface area (Å²) in [7, 11) is -3.67. The number of carbonyl (C=O) groups is 2. The van der Waals surface area contributed by atoms with Gasteiger partial charge in [0.1, 0.15) is 6.04 Å². The van der Waals surface area contributed by atoms with Crippen LogP contribution < -0.4 is 5.32 Å². The van der Waals surface area contributed by atoms with Crippen molar-refractivity contribution in [1.82, 2.24) is 9.62 Å². The fraction of sp³-hybridized carbons (Fsp3) is 0.579. The molecule has 0 aromatic heterocycles. The number of aryl methyl sites for hydroxylation is 1. The van der Waals surface area contributed by atoms with E-state index in [0.29, 0.717) is 25.8 Å². The molecule has 1 aliphatic rings. The summed E-state index contributed by atoms with van der Waals surface area (Å²) >= 11 is 0. The Morgan fingerprint density at radius 3 is 2.48 bits per heavy atom. The van der Waals surface area contributed by atoms with Gasteiger partial charge >= 0.3 is 5.97 Å². The topological polar surface area (TPSA) is 104 Å². The van der Waals surface area contributed by atoms with E-state index in [1.807, 2.05) is 13.8 Å². The third-order valence-electron chi connectivity index (χ3n) is 5.19. The Labute approximate surface area is 160 Å². The van der Waals surface area contributed by atoms with E-state index < -0.39 is 33.9 Å². The fourth-order valence-electron chi connectivity index (χ4n) is 3.19. The van der Waals surface area contributed by atoms with Crippen molar-refractivity contribution in [3.8, 4) is 0 Å². The Hall–Kier alpha value is -1.93. The van der Waals surface area contributed by atoms with Crippen LogP contribution in [0, 0.1) is 18.8 Å². The highest BCUT2D eigenvalue weighted by atomic mass is 32.2. The van der Waals surface area contributed by atoms with Crippen LogP contribution in [-0.2, 0) is 19.6 Å². The van der Waals surface area contributed by atoms with Crippen LogP contribution in [0.4, 0.5) is 0 Å². The first-order chi connectivity index (χ1) is 12.7. The zero-order valence-corrected chi connectivity index (χ0v) is 16.8. The zero-order valence-electron chi connectivity index (χ0n) is 16.0. The minimum Gasteiger partial charge on any atom is -0.480 e. The van der Waals surface area contributed by atoms with Crippen LogP contribution >= 0.6 is 0 Å². The number of hydrogen-bond donors (Lipinski definition) is 2. The van der Waals surface area contributed by atoms with Crippen molar-refractivity contribution >= 4 is 21.9 Å². The average molecular weight is 397 g/mol. The number of hydrogen-bond acceptors (Lipinski definition) is 4. The largest absolute Gasteiger partial charge is 0.480 e. The molecule has 0 saturated carbocycles. The molecule has 27 heavy (non-hydrogen) atoms. The lowest BCUT2D eigenvalue weighted by Gasteiger charge is -2.32. The molecule has 0 bridgehead atoms. The van der Waals surface area contributed by atoms with Crippen LogP contribution in [0.1, 0.15) is 38.7 Å². The minimum atomic E-state index is -3.67. The molecular weight excluding hydrogens is 368 g/mol. The Morgan fingerprint density at radius 2 is 1.93 bits per heavy atom. The highest BCUT2D eigenvalue weighted by Crippen LogP contribution is 2.24. The van der Waals surface area contributed by atoms with E-state index >= 15 is 0 Å². The summed E-state index contributed by atoms with van der Waals surface area (Å²) in [6.07, 6.45) is 1.72. The molecule has 1 aromatic rings. The molecule has 7 nitrogen and oxygen atoms in total. The summed E-state index contributed by atoms with van der Waals surface area (Å²) in [4.78, 5) is 24.2. The van der Waals surface area contributed by atoms with Gasteiger partial charge in [-0.1, -0.05) is 38.0 Å². The van der Waals surface area contributed by atoms with Gasteiger partial charge in [0, 0.05) is 13.1 Å². The number of amides is 1. The molecule has 3 unspecified atom stereocenters. The predicted molar refractivity (Wildman–Crippen MR) is 102 cm³/mol. The first-order valence-electron chi connectivity index (χ1n) is 9.26. The molecule has 1 aromatic carbocycles. The van der Waals surface area contributed by atoms with Gasteiger partial charge in [-0.3, -0.25) is 4.79 Å². The number of nitrogens with one attached hydrogen (secondary N) is 1. The fourth-order valence-corrected chi connectivity index (χ4v) is 4.71. The number of carboxylic acids is 1. The molecule has 1 saturated heterocycles. The minimum absolute atomic E-state index is 0.0644. The summed E-state index contributed by atoms with van der Waals surface area (Å²) < 4.78 is 27.0. The maximum Gasteiger partial charge on any atom is 0.326 e. The maximum atomic E-state index is 12.9. The van der Waals surface area contributed by atoms with E-state index in [2.05, 4.69) is 5.32 Å². The van der Waals surface area contributed by atoms with E-state index in [4.69, 9.17) is 0 Å². The number of rotatable bonds is 7. The quantitative estimate of drug-likeness (QED) is 0.734. The highest BCUT2D eigenvalue weighted by molar-refractivity contribution is 7.89. The van der Waals surface area contributed by atoms with Crippen LogP contribution in [0.3, 0.4) is 0 Å². The third-order valence-corrected chi connectivity index (χ3v) is 7.07. The summed E-state index contributed by atoms with van der Waals surface area (Å²) in [5, 5.41) is 11.9. The lowest BCUT2D eigenvalue weighted by Crippen LogP contribution is -2.51. The highest BCUT2D eigenvalue weighted by Gasteiger charge is 2.35. The summed E-state index contributed by atoms with van der Waals surface area (Å²) in [6.45, 7) is 5.94. The third kappa shape index (κ3) is 5.07. The summed E-state index contributed by atoms with van der Waals surface area (Å²) in [6, 6.07) is 5.65. The number of nitrogens with zero attached hydrogens (tertiary/aromatic N) is 1. The SMILES string of the molecule is CCC(C)C(NC(=O)C1CCCN(S(=O)(=O)c2ccc(C)cc2)C1)C(=O)O. The van der Waals surface area contributed by atoms with Crippen molar-refractivity contribution in [3.63, 3.8) is 0 Å². The van der Waals surface area contributed by atoms with E-state index in [1.54, 1.807) is 31.2 Å². The predicted octanol–water partition coefficient (Wildman–Crippen LogP) is 2.01. The van der Waals surface area contributed by atoms with Gasteiger partial charge in [-0.05, 0) is 37.8 Å². The average Bonchev–Trinajstić information content (AvgIpc) is 2.65. The standard InChI is InChI=1S/C19H28N2O5S/c1-4-14(3)17(19(23)24)20-18(22)15-6-5-11-21(12-15)27(25,26)16-9-7-13(2)8-10-16/h7-10,14-15,17H,4-6,11-12H2,1-3H3,(H,20,22)(H,23,24). The normalized spacial score (nSPS) is 20.6.